The van der Waals surface area contributed by atoms with Gasteiger partial charge in [-0.2, -0.15) is 0 Å². The Bertz CT molecular complexity index is 612. The monoisotopic (exact) mass is 270 g/mol. The number of rotatable bonds is 5. The lowest BCUT2D eigenvalue weighted by Gasteiger charge is -2.20. The van der Waals surface area contributed by atoms with Gasteiger partial charge in [-0.15, -0.1) is 0 Å². The van der Waals surface area contributed by atoms with Crippen molar-refractivity contribution in [1.82, 2.24) is 0 Å². The van der Waals surface area contributed by atoms with E-state index in [2.05, 4.69) is 24.8 Å². The standard InChI is InChI=1S/C18H22O2/c1-6-15-17(19-12(2)3)11-14-9-7-8-10-16(14)18(15)20-13(4)5/h6-13H,1H2,2-5H3. The number of fused-ring (bicyclic) bond motifs is 1. The molecule has 0 aromatic heterocycles. The molecule has 0 aliphatic carbocycles. The van der Waals surface area contributed by atoms with Gasteiger partial charge in [0.1, 0.15) is 11.5 Å². The Hall–Kier alpha value is -1.96. The third-order valence-electron chi connectivity index (χ3n) is 2.92. The molecule has 0 spiro atoms. The van der Waals surface area contributed by atoms with Crippen LogP contribution in [0.2, 0.25) is 0 Å². The summed E-state index contributed by atoms with van der Waals surface area (Å²) in [7, 11) is 0. The molecule has 2 aromatic carbocycles. The van der Waals surface area contributed by atoms with Gasteiger partial charge in [0.05, 0.1) is 17.8 Å². The van der Waals surface area contributed by atoms with Crippen LogP contribution >= 0.6 is 0 Å². The Kier molecular flexibility index (Phi) is 4.33. The molecule has 20 heavy (non-hydrogen) atoms. The van der Waals surface area contributed by atoms with Crippen molar-refractivity contribution in [3.63, 3.8) is 0 Å². The first-order valence-corrected chi connectivity index (χ1v) is 7.04. The zero-order valence-electron chi connectivity index (χ0n) is 12.6. The molecule has 0 N–H and O–H groups in total. The summed E-state index contributed by atoms with van der Waals surface area (Å²) in [6.07, 6.45) is 2.02. The van der Waals surface area contributed by atoms with Crippen LogP contribution in [0, 0.1) is 0 Å². The largest absolute Gasteiger partial charge is 0.490 e. The number of hydrogen-bond donors (Lipinski definition) is 0. The van der Waals surface area contributed by atoms with Gasteiger partial charge in [0.25, 0.3) is 0 Å². The van der Waals surface area contributed by atoms with Crippen molar-refractivity contribution in [3.8, 4) is 11.5 Å². The third-order valence-corrected chi connectivity index (χ3v) is 2.92. The number of hydrogen-bond acceptors (Lipinski definition) is 2. The molecule has 0 saturated heterocycles. The molecular formula is C18H22O2. The first kappa shape index (κ1) is 14.4. The molecule has 0 aliphatic rings. The summed E-state index contributed by atoms with van der Waals surface area (Å²) in [6, 6.07) is 10.2. The minimum Gasteiger partial charge on any atom is -0.490 e. The lowest BCUT2D eigenvalue weighted by molar-refractivity contribution is 0.230. The van der Waals surface area contributed by atoms with Gasteiger partial charge < -0.3 is 9.47 Å². The maximum Gasteiger partial charge on any atom is 0.138 e. The van der Waals surface area contributed by atoms with Crippen LogP contribution in [0.3, 0.4) is 0 Å². The lowest BCUT2D eigenvalue weighted by atomic mass is 10.0. The van der Waals surface area contributed by atoms with Crippen LogP contribution in [-0.4, -0.2) is 12.2 Å². The first-order valence-electron chi connectivity index (χ1n) is 7.04. The van der Waals surface area contributed by atoms with E-state index in [1.807, 2.05) is 45.9 Å². The number of benzene rings is 2. The van der Waals surface area contributed by atoms with Crippen LogP contribution in [0.5, 0.6) is 11.5 Å². The smallest absolute Gasteiger partial charge is 0.138 e. The van der Waals surface area contributed by atoms with Crippen LogP contribution in [0.1, 0.15) is 33.3 Å². The van der Waals surface area contributed by atoms with E-state index >= 15 is 0 Å². The van der Waals surface area contributed by atoms with Crippen molar-refractivity contribution >= 4 is 16.8 Å². The zero-order chi connectivity index (χ0) is 14.7. The minimum atomic E-state index is 0.103. The van der Waals surface area contributed by atoms with E-state index in [9.17, 15) is 0 Å². The highest BCUT2D eigenvalue weighted by Crippen LogP contribution is 2.38. The topological polar surface area (TPSA) is 18.5 Å². The second-order valence-electron chi connectivity index (χ2n) is 5.38. The predicted molar refractivity (Wildman–Crippen MR) is 85.6 cm³/mol. The fraction of sp³-hybridized carbons (Fsp3) is 0.333. The molecule has 2 rings (SSSR count). The molecule has 2 aromatic rings. The molecule has 0 amide bonds. The van der Waals surface area contributed by atoms with E-state index in [0.717, 1.165) is 27.8 Å². The van der Waals surface area contributed by atoms with Gasteiger partial charge in [-0.05, 0) is 39.1 Å². The summed E-state index contributed by atoms with van der Waals surface area (Å²) in [5, 5.41) is 2.21. The average molecular weight is 270 g/mol. The molecule has 0 unspecified atom stereocenters. The molecule has 0 bridgehead atoms. The van der Waals surface area contributed by atoms with Gasteiger partial charge in [-0.25, -0.2) is 0 Å². The maximum absolute atomic E-state index is 6.02. The molecule has 0 saturated carbocycles. The predicted octanol–water partition coefficient (Wildman–Crippen LogP) is 5.06. The zero-order valence-corrected chi connectivity index (χ0v) is 12.6. The fourth-order valence-corrected chi connectivity index (χ4v) is 2.21. The highest BCUT2D eigenvalue weighted by atomic mass is 16.5. The quantitative estimate of drug-likeness (QED) is 0.756. The molecule has 2 heteroatoms. The highest BCUT2D eigenvalue weighted by molar-refractivity contribution is 5.94. The summed E-state index contributed by atoms with van der Waals surface area (Å²) < 4.78 is 11.9. The van der Waals surface area contributed by atoms with E-state index in [-0.39, 0.29) is 12.2 Å². The summed E-state index contributed by atoms with van der Waals surface area (Å²) in [4.78, 5) is 0. The number of ether oxygens (including phenoxy) is 2. The Labute approximate surface area is 121 Å². The Morgan fingerprint density at radius 2 is 1.65 bits per heavy atom. The van der Waals surface area contributed by atoms with Gasteiger partial charge in [-0.3, -0.25) is 0 Å². The van der Waals surface area contributed by atoms with Crippen LogP contribution in [0.4, 0.5) is 0 Å². The summed E-state index contributed by atoms with van der Waals surface area (Å²) in [5.74, 6) is 1.67. The first-order chi connectivity index (χ1) is 9.52. The van der Waals surface area contributed by atoms with Gasteiger partial charge in [0.15, 0.2) is 0 Å². The van der Waals surface area contributed by atoms with Crippen molar-refractivity contribution in [1.29, 1.82) is 0 Å². The van der Waals surface area contributed by atoms with Gasteiger partial charge in [0, 0.05) is 5.39 Å². The van der Waals surface area contributed by atoms with Gasteiger partial charge in [0.2, 0.25) is 0 Å². The molecule has 106 valence electrons. The molecule has 2 nitrogen and oxygen atoms in total. The van der Waals surface area contributed by atoms with Crippen LogP contribution in [0.15, 0.2) is 36.9 Å². The van der Waals surface area contributed by atoms with E-state index < -0.39 is 0 Å². The second kappa shape index (κ2) is 6.00. The lowest BCUT2D eigenvalue weighted by Crippen LogP contribution is -2.10. The van der Waals surface area contributed by atoms with Crippen LogP contribution in [0.25, 0.3) is 16.8 Å². The van der Waals surface area contributed by atoms with E-state index in [4.69, 9.17) is 9.47 Å². The van der Waals surface area contributed by atoms with Crippen molar-refractivity contribution in [2.24, 2.45) is 0 Å². The van der Waals surface area contributed by atoms with E-state index in [1.54, 1.807) is 0 Å². The molecule has 0 atom stereocenters. The third kappa shape index (κ3) is 2.96. The average Bonchev–Trinajstić information content (AvgIpc) is 2.37. The Morgan fingerprint density at radius 1 is 1.00 bits per heavy atom. The Morgan fingerprint density at radius 3 is 2.25 bits per heavy atom. The van der Waals surface area contributed by atoms with Crippen molar-refractivity contribution in [3.05, 3.63) is 42.5 Å². The summed E-state index contributed by atoms with van der Waals surface area (Å²) in [6.45, 7) is 12.0. The highest BCUT2D eigenvalue weighted by Gasteiger charge is 2.15. The minimum absolute atomic E-state index is 0.103. The second-order valence-corrected chi connectivity index (χ2v) is 5.38. The van der Waals surface area contributed by atoms with Crippen molar-refractivity contribution in [2.45, 2.75) is 39.9 Å². The molecule has 0 fully saturated rings. The van der Waals surface area contributed by atoms with Crippen LogP contribution in [-0.2, 0) is 0 Å². The van der Waals surface area contributed by atoms with Crippen molar-refractivity contribution in [2.75, 3.05) is 0 Å². The Balaban J connectivity index is 2.70. The van der Waals surface area contributed by atoms with Gasteiger partial charge in [-0.1, -0.05) is 36.9 Å². The van der Waals surface area contributed by atoms with E-state index in [0.29, 0.717) is 0 Å². The molecule has 0 aliphatic heterocycles. The van der Waals surface area contributed by atoms with Crippen molar-refractivity contribution < 1.29 is 9.47 Å². The maximum atomic E-state index is 6.02. The van der Waals surface area contributed by atoms with Gasteiger partial charge >= 0.3 is 0 Å². The molecule has 0 radical (unpaired) electrons. The summed E-state index contributed by atoms with van der Waals surface area (Å²) >= 11 is 0. The van der Waals surface area contributed by atoms with Crippen LogP contribution < -0.4 is 9.47 Å². The summed E-state index contributed by atoms with van der Waals surface area (Å²) in [5.41, 5.74) is 0.922. The van der Waals surface area contributed by atoms with E-state index in [1.165, 1.54) is 0 Å². The molecule has 0 heterocycles. The SMILES string of the molecule is C=Cc1c(OC(C)C)cc2ccccc2c1OC(C)C. The normalized spacial score (nSPS) is 11.1. The fourth-order valence-electron chi connectivity index (χ4n) is 2.21. The molecular weight excluding hydrogens is 248 g/mol.